The maximum Gasteiger partial charge on any atom is 0.0458 e. The molecule has 10 aromatic rings. The molecular weight excluding hydrogens is 1310 g/mol. The number of hydrogen-bond acceptors (Lipinski definition) is 9. The number of hydrogen-bond donors (Lipinski definition) is 1. The third-order valence-corrected chi connectivity index (χ3v) is 21.4. The highest BCUT2D eigenvalue weighted by atomic mass is 35.5. The van der Waals surface area contributed by atoms with Gasteiger partial charge in [0.25, 0.3) is 0 Å². The van der Waals surface area contributed by atoms with E-state index in [1.54, 1.807) is 0 Å². The highest BCUT2D eigenvalue weighted by Gasteiger charge is 2.26. The summed E-state index contributed by atoms with van der Waals surface area (Å²) >= 11 is 6.27. The quantitative estimate of drug-likeness (QED) is 0.0797. The highest BCUT2D eigenvalue weighted by Crippen LogP contribution is 2.42. The van der Waals surface area contributed by atoms with E-state index in [1.165, 1.54) is 124 Å². The van der Waals surface area contributed by atoms with Gasteiger partial charge >= 0.3 is 0 Å². The first-order valence-electron chi connectivity index (χ1n) is 39.2. The van der Waals surface area contributed by atoms with E-state index >= 15 is 0 Å². The van der Waals surface area contributed by atoms with Crippen molar-refractivity contribution in [1.82, 2.24) is 24.9 Å². The SMILES string of the molecule is CC(CN(C)C)CN1c2ccccc2CCc2ccccc21.CN(C)CCC=C1c2ccccc2CCc2ccccc21.CN(C)CCCN1c2ccccc2CCc2ccc(Cl)cc21.CN(C)CCCN1c2ccccc2CCc2ccccc21.CNCCCN1c2ccccc2CCc2ccccc21. The lowest BCUT2D eigenvalue weighted by molar-refractivity contribution is 0.343. The van der Waals surface area contributed by atoms with Crippen LogP contribution >= 0.6 is 11.6 Å². The first-order valence-corrected chi connectivity index (χ1v) is 39.6. The molecular formula is C96H118ClN9. The molecule has 0 amide bonds. The standard InChI is InChI=1S/C20H26N2.C20H23N.C19H23ClN2.C19H24N2.C18H22N2/c1-16(14-21(2)3)15-22-19-10-6-4-8-17(19)12-13-18-9-5-7-11-20(18)22;1-21(2)15-7-12-20-18-10-5-3-8-16(18)13-14-17-9-4-6-11-19(17)20;1-21(2)12-5-13-22-18-7-4-3-6-15(18)8-9-16-10-11-17(20)14-19(16)22;1-20(2)14-7-15-21-18-10-5-3-8-16(18)12-13-17-9-4-6-11-19(17)21;1-19-13-6-14-20-17-9-4-2-7-15(17)11-12-16-8-3-5-10-18(16)20/h4-11,16H,12-15H2,1-3H3;3-6,8-12H,7,13-15H2,1-2H3;3-4,6-7,10-11,14H,5,8-9,12-13H2,1-2H3;3-6,8-11H,7,12-15H2,1-2H3;2-5,7-10,19H,6,11-14H2,1H3. The summed E-state index contributed by atoms with van der Waals surface area (Å²) in [5.41, 5.74) is 29.8. The molecule has 1 N–H and O–H groups in total. The van der Waals surface area contributed by atoms with E-state index in [1.807, 2.05) is 13.1 Å². The topological polar surface area (TPSA) is 38.0 Å². The average molecular weight is 1430 g/mol. The van der Waals surface area contributed by atoms with Gasteiger partial charge in [0.15, 0.2) is 0 Å². The van der Waals surface area contributed by atoms with Crippen LogP contribution in [0.2, 0.25) is 5.02 Å². The van der Waals surface area contributed by atoms with Crippen LogP contribution in [0, 0.1) is 5.92 Å². The van der Waals surface area contributed by atoms with E-state index in [2.05, 4.69) is 344 Å². The molecule has 0 aromatic heterocycles. The van der Waals surface area contributed by atoms with E-state index < -0.39 is 0 Å². The molecule has 1 aliphatic carbocycles. The lowest BCUT2D eigenvalue weighted by Gasteiger charge is -2.30. The molecule has 0 fully saturated rings. The number of nitrogens with one attached hydrogen (secondary N) is 1. The van der Waals surface area contributed by atoms with Crippen LogP contribution in [-0.2, 0) is 64.2 Å². The lowest BCUT2D eigenvalue weighted by atomic mass is 9.93. The number of rotatable bonds is 19. The number of para-hydroxylation sites is 7. The predicted octanol–water partition coefficient (Wildman–Crippen LogP) is 20.2. The van der Waals surface area contributed by atoms with Gasteiger partial charge in [0.05, 0.1) is 0 Å². The maximum atomic E-state index is 6.27. The van der Waals surface area contributed by atoms with Gasteiger partial charge in [-0.3, -0.25) is 0 Å². The Balaban J connectivity index is 0.000000132. The molecule has 554 valence electrons. The molecule has 0 saturated heterocycles. The average Bonchev–Trinajstić information content (AvgIpc) is 1.63. The Morgan fingerprint density at radius 1 is 0.340 bits per heavy atom. The van der Waals surface area contributed by atoms with Crippen LogP contribution in [-0.4, -0.2) is 142 Å². The second kappa shape index (κ2) is 39.7. The van der Waals surface area contributed by atoms with Crippen LogP contribution in [0.5, 0.6) is 0 Å². The molecule has 1 unspecified atom stereocenters. The first-order chi connectivity index (χ1) is 51.7. The second-order valence-corrected chi connectivity index (χ2v) is 30.8. The van der Waals surface area contributed by atoms with Gasteiger partial charge in [0.2, 0.25) is 0 Å². The van der Waals surface area contributed by atoms with Crippen LogP contribution in [0.15, 0.2) is 243 Å². The largest absolute Gasteiger partial charge is 0.341 e. The lowest BCUT2D eigenvalue weighted by Crippen LogP contribution is -2.30. The van der Waals surface area contributed by atoms with Gasteiger partial charge < -0.3 is 44.5 Å². The zero-order valence-corrected chi connectivity index (χ0v) is 66.1. The monoisotopic (exact) mass is 1430 g/mol. The van der Waals surface area contributed by atoms with Crippen molar-refractivity contribution < 1.29 is 0 Å². The Labute approximate surface area is 642 Å². The van der Waals surface area contributed by atoms with Crippen molar-refractivity contribution in [3.63, 3.8) is 0 Å². The molecule has 10 heteroatoms. The van der Waals surface area contributed by atoms with Crippen LogP contribution < -0.4 is 24.9 Å². The molecule has 1 atom stereocenters. The normalized spacial score (nSPS) is 14.0. The third-order valence-electron chi connectivity index (χ3n) is 21.1. The van der Waals surface area contributed by atoms with E-state index in [9.17, 15) is 0 Å². The zero-order chi connectivity index (χ0) is 74.2. The molecule has 10 aromatic carbocycles. The summed E-state index contributed by atoms with van der Waals surface area (Å²) < 4.78 is 0. The van der Waals surface area contributed by atoms with Gasteiger partial charge in [0, 0.05) is 89.8 Å². The predicted molar refractivity (Wildman–Crippen MR) is 457 cm³/mol. The number of aryl methyl sites for hydroxylation is 10. The molecule has 106 heavy (non-hydrogen) atoms. The first kappa shape index (κ1) is 78.3. The van der Waals surface area contributed by atoms with Crippen molar-refractivity contribution in [2.45, 2.75) is 96.8 Å². The summed E-state index contributed by atoms with van der Waals surface area (Å²) in [5, 5.41) is 4.06. The van der Waals surface area contributed by atoms with Crippen LogP contribution in [0.4, 0.5) is 45.5 Å². The van der Waals surface area contributed by atoms with Crippen LogP contribution in [0.3, 0.4) is 0 Å². The Hall–Kier alpha value is -8.77. The zero-order valence-electron chi connectivity index (χ0n) is 65.4. The Bertz CT molecular complexity index is 4230. The van der Waals surface area contributed by atoms with Crippen LogP contribution in [0.1, 0.15) is 99.4 Å². The Kier molecular flexibility index (Phi) is 29.3. The van der Waals surface area contributed by atoms with Gasteiger partial charge in [-0.05, 0) is 306 Å². The molecule has 0 radical (unpaired) electrons. The molecule has 0 spiro atoms. The van der Waals surface area contributed by atoms with E-state index in [4.69, 9.17) is 11.6 Å². The van der Waals surface area contributed by atoms with Crippen molar-refractivity contribution in [2.24, 2.45) is 5.92 Å². The van der Waals surface area contributed by atoms with Crippen molar-refractivity contribution in [2.75, 3.05) is 142 Å². The maximum absolute atomic E-state index is 6.27. The minimum Gasteiger partial charge on any atom is -0.341 e. The van der Waals surface area contributed by atoms with Crippen molar-refractivity contribution >= 4 is 62.7 Å². The van der Waals surface area contributed by atoms with Crippen LogP contribution in [0.25, 0.3) is 5.57 Å². The number of fused-ring (bicyclic) bond motifs is 10. The molecule has 4 aliphatic heterocycles. The molecule has 0 saturated carbocycles. The fourth-order valence-corrected chi connectivity index (χ4v) is 16.2. The van der Waals surface area contributed by atoms with Gasteiger partial charge in [-0.2, -0.15) is 0 Å². The molecule has 4 heterocycles. The molecule has 0 bridgehead atoms. The summed E-state index contributed by atoms with van der Waals surface area (Å²) in [4.78, 5) is 19.0. The summed E-state index contributed by atoms with van der Waals surface area (Å²) in [6.07, 6.45) is 18.2. The third kappa shape index (κ3) is 21.3. The van der Waals surface area contributed by atoms with Gasteiger partial charge in [-0.1, -0.05) is 207 Å². The van der Waals surface area contributed by atoms with Crippen molar-refractivity contribution in [3.05, 3.63) is 314 Å². The molecule has 9 nitrogen and oxygen atoms in total. The van der Waals surface area contributed by atoms with E-state index in [-0.39, 0.29) is 0 Å². The highest BCUT2D eigenvalue weighted by molar-refractivity contribution is 6.31. The molecule has 5 aliphatic rings. The van der Waals surface area contributed by atoms with Crippen molar-refractivity contribution in [1.29, 1.82) is 0 Å². The Morgan fingerprint density at radius 2 is 0.632 bits per heavy atom. The molecule has 15 rings (SSSR count). The smallest absolute Gasteiger partial charge is 0.0458 e. The summed E-state index contributed by atoms with van der Waals surface area (Å²) in [5.74, 6) is 0.620. The van der Waals surface area contributed by atoms with E-state index in [0.29, 0.717) is 5.92 Å². The Morgan fingerprint density at radius 3 is 0.972 bits per heavy atom. The fourth-order valence-electron chi connectivity index (χ4n) is 16.0. The number of anilines is 8. The summed E-state index contributed by atoms with van der Waals surface area (Å²) in [6.45, 7) is 12.0. The number of nitrogens with zero attached hydrogens (tertiary/aromatic N) is 8. The van der Waals surface area contributed by atoms with Gasteiger partial charge in [0.1, 0.15) is 0 Å². The number of halogens is 1. The summed E-state index contributed by atoms with van der Waals surface area (Å²) in [6, 6.07) is 86.0. The van der Waals surface area contributed by atoms with Gasteiger partial charge in [-0.25, -0.2) is 0 Å². The minimum absolute atomic E-state index is 0.620. The second-order valence-electron chi connectivity index (χ2n) is 30.4. The van der Waals surface area contributed by atoms with E-state index in [0.717, 1.165) is 147 Å². The summed E-state index contributed by atoms with van der Waals surface area (Å²) in [7, 11) is 19.1. The minimum atomic E-state index is 0.620. The van der Waals surface area contributed by atoms with Crippen molar-refractivity contribution in [3.8, 4) is 0 Å². The van der Waals surface area contributed by atoms with Gasteiger partial charge in [-0.15, -0.1) is 0 Å². The number of benzene rings is 10. The fraction of sp³-hybridized carbons (Fsp3) is 0.354.